The van der Waals surface area contributed by atoms with E-state index in [2.05, 4.69) is 23.9 Å². The van der Waals surface area contributed by atoms with Crippen molar-refractivity contribution in [1.29, 1.82) is 0 Å². The lowest BCUT2D eigenvalue weighted by Gasteiger charge is -2.15. The third-order valence-electron chi connectivity index (χ3n) is 3.62. The Morgan fingerprint density at radius 1 is 1.35 bits per heavy atom. The van der Waals surface area contributed by atoms with Crippen molar-refractivity contribution in [3.63, 3.8) is 0 Å². The van der Waals surface area contributed by atoms with Crippen LogP contribution < -0.4 is 0 Å². The summed E-state index contributed by atoms with van der Waals surface area (Å²) in [7, 11) is 0. The van der Waals surface area contributed by atoms with Crippen LogP contribution in [0.2, 0.25) is 0 Å². The maximum Gasteiger partial charge on any atom is 0.310 e. The van der Waals surface area contributed by atoms with Gasteiger partial charge in [-0.3, -0.25) is 4.79 Å². The van der Waals surface area contributed by atoms with Gasteiger partial charge in [0.2, 0.25) is 0 Å². The van der Waals surface area contributed by atoms with Crippen molar-refractivity contribution >= 4 is 17.0 Å². The first-order valence-electron chi connectivity index (χ1n) is 6.88. The Kier molecular flexibility index (Phi) is 3.79. The normalized spacial score (nSPS) is 13.1. The number of nitrogens with zero attached hydrogens (tertiary/aromatic N) is 3. The van der Waals surface area contributed by atoms with E-state index in [4.69, 9.17) is 0 Å². The highest BCUT2D eigenvalue weighted by molar-refractivity contribution is 5.84. The molecule has 2 rings (SSSR count). The van der Waals surface area contributed by atoms with Crippen LogP contribution in [0.3, 0.4) is 0 Å². The summed E-state index contributed by atoms with van der Waals surface area (Å²) in [5.74, 6) is -0.898. The molecule has 0 aliphatic rings. The minimum Gasteiger partial charge on any atom is -0.481 e. The van der Waals surface area contributed by atoms with E-state index in [0.29, 0.717) is 5.92 Å². The summed E-state index contributed by atoms with van der Waals surface area (Å²) in [5.41, 5.74) is 3.39. The van der Waals surface area contributed by atoms with Crippen molar-refractivity contribution < 1.29 is 9.90 Å². The van der Waals surface area contributed by atoms with Gasteiger partial charge in [0, 0.05) is 17.6 Å². The van der Waals surface area contributed by atoms with Gasteiger partial charge in [-0.25, -0.2) is 9.67 Å². The second-order valence-electron chi connectivity index (χ2n) is 5.75. The van der Waals surface area contributed by atoms with Gasteiger partial charge in [0.15, 0.2) is 5.65 Å². The number of aromatic nitrogens is 3. The Morgan fingerprint density at radius 2 is 2.00 bits per heavy atom. The molecule has 1 N–H and O–H groups in total. The Labute approximate surface area is 118 Å². The first-order chi connectivity index (χ1) is 9.32. The van der Waals surface area contributed by atoms with Gasteiger partial charge in [-0.2, -0.15) is 5.10 Å². The third kappa shape index (κ3) is 2.40. The number of aryl methyl sites for hydroxylation is 2. The molecule has 20 heavy (non-hydrogen) atoms. The first kappa shape index (κ1) is 14.5. The molecule has 0 aliphatic carbocycles. The van der Waals surface area contributed by atoms with E-state index >= 15 is 0 Å². The molecule has 2 heterocycles. The summed E-state index contributed by atoms with van der Waals surface area (Å²) in [5, 5.41) is 14.6. The molecule has 0 aromatic carbocycles. The summed E-state index contributed by atoms with van der Waals surface area (Å²) in [6.07, 6.45) is 1.79. The molecular formula is C15H21N3O2. The number of rotatable bonds is 4. The molecule has 0 fully saturated rings. The van der Waals surface area contributed by atoms with E-state index in [0.717, 1.165) is 34.4 Å². The van der Waals surface area contributed by atoms with Crippen LogP contribution in [0, 0.1) is 19.8 Å². The van der Waals surface area contributed by atoms with E-state index in [1.165, 1.54) is 0 Å². The Morgan fingerprint density at radius 3 is 2.55 bits per heavy atom. The van der Waals surface area contributed by atoms with E-state index in [1.54, 1.807) is 13.1 Å². The number of hydrogen-bond donors (Lipinski definition) is 1. The molecule has 1 unspecified atom stereocenters. The van der Waals surface area contributed by atoms with Crippen LogP contribution in [-0.4, -0.2) is 25.8 Å². The predicted molar refractivity (Wildman–Crippen MR) is 77.9 cm³/mol. The number of aliphatic carboxylic acids is 1. The van der Waals surface area contributed by atoms with E-state index < -0.39 is 11.9 Å². The molecule has 0 bridgehead atoms. The van der Waals surface area contributed by atoms with Crippen LogP contribution >= 0.6 is 0 Å². The largest absolute Gasteiger partial charge is 0.481 e. The predicted octanol–water partition coefficient (Wildman–Crippen LogP) is 2.89. The second kappa shape index (κ2) is 5.23. The average Bonchev–Trinajstić information content (AvgIpc) is 2.71. The molecule has 2 aromatic rings. The Balaban J connectivity index is 2.63. The zero-order valence-electron chi connectivity index (χ0n) is 12.6. The zero-order valence-corrected chi connectivity index (χ0v) is 12.6. The minimum atomic E-state index is -0.827. The van der Waals surface area contributed by atoms with Crippen molar-refractivity contribution in [2.75, 3.05) is 0 Å². The smallest absolute Gasteiger partial charge is 0.310 e. The highest BCUT2D eigenvalue weighted by Gasteiger charge is 2.22. The molecule has 0 amide bonds. The molecule has 5 heteroatoms. The van der Waals surface area contributed by atoms with Gasteiger partial charge >= 0.3 is 5.97 Å². The summed E-state index contributed by atoms with van der Waals surface area (Å²) in [4.78, 5) is 15.8. The number of carboxylic acid groups (broad SMARTS) is 1. The molecule has 2 aromatic heterocycles. The summed E-state index contributed by atoms with van der Waals surface area (Å²) < 4.78 is 1.90. The number of hydrogen-bond acceptors (Lipinski definition) is 3. The lowest BCUT2D eigenvalue weighted by Crippen LogP contribution is -2.13. The van der Waals surface area contributed by atoms with Crippen molar-refractivity contribution in [2.24, 2.45) is 5.92 Å². The fourth-order valence-electron chi connectivity index (χ4n) is 2.64. The lowest BCUT2D eigenvalue weighted by molar-refractivity contribution is -0.138. The topological polar surface area (TPSA) is 68.0 Å². The molecule has 0 aliphatic heterocycles. The molecule has 0 saturated heterocycles. The standard InChI is InChI=1S/C15H21N3O2/c1-8(2)7-18-14-12(6-16-18)9(3)13(11(5)17-14)10(4)15(19)20/h6,8,10H,7H2,1-5H3,(H,19,20). The summed E-state index contributed by atoms with van der Waals surface area (Å²) in [6.45, 7) is 10.6. The number of carboxylic acids is 1. The second-order valence-corrected chi connectivity index (χ2v) is 5.75. The van der Waals surface area contributed by atoms with Crippen LogP contribution in [-0.2, 0) is 11.3 Å². The lowest BCUT2D eigenvalue weighted by atomic mass is 9.94. The van der Waals surface area contributed by atoms with Gasteiger partial charge in [-0.15, -0.1) is 0 Å². The van der Waals surface area contributed by atoms with Gasteiger partial charge in [0.25, 0.3) is 0 Å². The van der Waals surface area contributed by atoms with Gasteiger partial charge in [-0.1, -0.05) is 13.8 Å². The maximum absolute atomic E-state index is 11.2. The van der Waals surface area contributed by atoms with Crippen LogP contribution in [0.25, 0.3) is 11.0 Å². The Bertz CT molecular complexity index is 659. The highest BCUT2D eigenvalue weighted by Crippen LogP contribution is 2.28. The molecule has 0 saturated carbocycles. The van der Waals surface area contributed by atoms with Gasteiger partial charge in [0.05, 0.1) is 12.1 Å². The third-order valence-corrected chi connectivity index (χ3v) is 3.62. The SMILES string of the molecule is Cc1nc2c(cnn2CC(C)C)c(C)c1C(C)C(=O)O. The molecule has 1 atom stereocenters. The molecule has 5 nitrogen and oxygen atoms in total. The minimum absolute atomic E-state index is 0.484. The molecule has 0 spiro atoms. The average molecular weight is 275 g/mol. The van der Waals surface area contributed by atoms with Crippen molar-refractivity contribution in [3.8, 4) is 0 Å². The van der Waals surface area contributed by atoms with Gasteiger partial charge in [0.1, 0.15) is 0 Å². The van der Waals surface area contributed by atoms with Crippen LogP contribution in [0.1, 0.15) is 43.5 Å². The van der Waals surface area contributed by atoms with Crippen LogP contribution in [0.4, 0.5) is 0 Å². The number of pyridine rings is 1. The van der Waals surface area contributed by atoms with E-state index in [1.807, 2.05) is 18.5 Å². The summed E-state index contributed by atoms with van der Waals surface area (Å²) >= 11 is 0. The van der Waals surface area contributed by atoms with Crippen LogP contribution in [0.15, 0.2) is 6.20 Å². The zero-order chi connectivity index (χ0) is 15.0. The van der Waals surface area contributed by atoms with Gasteiger partial charge in [-0.05, 0) is 37.8 Å². The van der Waals surface area contributed by atoms with Crippen molar-refractivity contribution in [1.82, 2.24) is 14.8 Å². The summed E-state index contributed by atoms with van der Waals surface area (Å²) in [6, 6.07) is 0. The van der Waals surface area contributed by atoms with E-state index in [9.17, 15) is 9.90 Å². The van der Waals surface area contributed by atoms with Gasteiger partial charge < -0.3 is 5.11 Å². The first-order valence-corrected chi connectivity index (χ1v) is 6.88. The maximum atomic E-state index is 11.2. The molecule has 0 radical (unpaired) electrons. The van der Waals surface area contributed by atoms with Crippen molar-refractivity contribution in [2.45, 2.75) is 47.1 Å². The van der Waals surface area contributed by atoms with E-state index in [-0.39, 0.29) is 0 Å². The monoisotopic (exact) mass is 275 g/mol. The fraction of sp³-hybridized carbons (Fsp3) is 0.533. The molecular weight excluding hydrogens is 254 g/mol. The highest BCUT2D eigenvalue weighted by atomic mass is 16.4. The fourth-order valence-corrected chi connectivity index (χ4v) is 2.64. The quantitative estimate of drug-likeness (QED) is 0.931. The Hall–Kier alpha value is -1.91. The number of fused-ring (bicyclic) bond motifs is 1. The van der Waals surface area contributed by atoms with Crippen LogP contribution in [0.5, 0.6) is 0 Å². The molecule has 108 valence electrons. The number of carbonyl (C=O) groups is 1. The van der Waals surface area contributed by atoms with Crippen molar-refractivity contribution in [3.05, 3.63) is 23.0 Å².